The summed E-state index contributed by atoms with van der Waals surface area (Å²) >= 11 is 7.03. The van der Waals surface area contributed by atoms with E-state index in [0.29, 0.717) is 3.58 Å². The fourth-order valence-electron chi connectivity index (χ4n) is 0.0768. The van der Waals surface area contributed by atoms with E-state index in [0.717, 1.165) is 0 Å². The highest BCUT2D eigenvalue weighted by molar-refractivity contribution is 14.1. The molecule has 40 valence electrons. The summed E-state index contributed by atoms with van der Waals surface area (Å²) in [6, 6.07) is 0. The van der Waals surface area contributed by atoms with Gasteiger partial charge in [-0.05, 0) is 29.5 Å². The average Bonchev–Trinajstić information content (AvgIpc) is 1.65. The zero-order chi connectivity index (χ0) is 5.86. The molecule has 0 heterocycles. The van der Waals surface area contributed by atoms with Gasteiger partial charge < -0.3 is 0 Å². The van der Waals surface area contributed by atoms with Crippen LogP contribution in [-0.2, 0) is 4.79 Å². The van der Waals surface area contributed by atoms with Crippen LogP contribution in [0, 0.1) is 0 Å². The first-order valence-electron chi connectivity index (χ1n) is 1.65. The number of Topliss-reactive ketones (excluding diaryl/α,β-unsaturated/α-hetero) is 1. The molecule has 3 heteroatoms. The van der Waals surface area contributed by atoms with Crippen LogP contribution >= 0.6 is 34.2 Å². The quantitative estimate of drug-likeness (QED) is 0.498. The second-order valence-electron chi connectivity index (χ2n) is 1.01. The standard InChI is InChI=1S/C4H4ClIO/c1-3(7)4(6)2-5/h2H,1H3/b4-2+. The molecule has 0 N–H and O–H groups in total. The fourth-order valence-corrected chi connectivity index (χ4v) is 0.230. The predicted molar refractivity (Wildman–Crippen MR) is 38.6 cm³/mol. The molecule has 0 aliphatic carbocycles. The Bertz CT molecular complexity index is 108. The smallest absolute Gasteiger partial charge is 0.166 e. The van der Waals surface area contributed by atoms with Crippen molar-refractivity contribution in [1.29, 1.82) is 0 Å². The highest BCUT2D eigenvalue weighted by Gasteiger charge is 1.93. The third kappa shape index (κ3) is 3.05. The highest BCUT2D eigenvalue weighted by Crippen LogP contribution is 2.06. The average molecular weight is 230 g/mol. The highest BCUT2D eigenvalue weighted by atomic mass is 127. The first-order valence-corrected chi connectivity index (χ1v) is 3.17. The first kappa shape index (κ1) is 7.43. The molecule has 0 aliphatic heterocycles. The molecule has 0 saturated heterocycles. The molecule has 1 nitrogen and oxygen atoms in total. The lowest BCUT2D eigenvalue weighted by molar-refractivity contribution is -0.112. The largest absolute Gasteiger partial charge is 0.294 e. The molecule has 0 bridgehead atoms. The van der Waals surface area contributed by atoms with Crippen LogP contribution in [0.4, 0.5) is 0 Å². The zero-order valence-electron chi connectivity index (χ0n) is 3.74. The van der Waals surface area contributed by atoms with E-state index in [-0.39, 0.29) is 5.78 Å². The summed E-state index contributed by atoms with van der Waals surface area (Å²) in [4.78, 5) is 10.2. The minimum atomic E-state index is 0.00981. The molecule has 0 fully saturated rings. The molecule has 0 aromatic rings. The van der Waals surface area contributed by atoms with Crippen molar-refractivity contribution in [2.24, 2.45) is 0 Å². The molecular formula is C4H4ClIO. The number of carbonyl (C=O) groups excluding carboxylic acids is 1. The van der Waals surface area contributed by atoms with Crippen molar-refractivity contribution >= 4 is 40.0 Å². The van der Waals surface area contributed by atoms with Crippen LogP contribution in [0.15, 0.2) is 9.12 Å². The Labute approximate surface area is 60.9 Å². The number of allylic oxidation sites excluding steroid dienone is 1. The maximum absolute atomic E-state index is 10.2. The summed E-state index contributed by atoms with van der Waals surface area (Å²) in [6.45, 7) is 1.47. The minimum Gasteiger partial charge on any atom is -0.294 e. The van der Waals surface area contributed by atoms with E-state index < -0.39 is 0 Å². The Morgan fingerprint density at radius 2 is 2.29 bits per heavy atom. The van der Waals surface area contributed by atoms with Crippen molar-refractivity contribution in [1.82, 2.24) is 0 Å². The van der Waals surface area contributed by atoms with E-state index in [1.54, 1.807) is 0 Å². The minimum absolute atomic E-state index is 0.00981. The zero-order valence-corrected chi connectivity index (χ0v) is 6.65. The topological polar surface area (TPSA) is 17.1 Å². The molecule has 0 rings (SSSR count). The molecule has 0 radical (unpaired) electrons. The second-order valence-corrected chi connectivity index (χ2v) is 2.39. The first-order chi connectivity index (χ1) is 3.18. The van der Waals surface area contributed by atoms with Gasteiger partial charge in [0.1, 0.15) is 0 Å². The molecule has 0 amide bonds. The Hall–Kier alpha value is 0.430. The van der Waals surface area contributed by atoms with Gasteiger partial charge in [-0.2, -0.15) is 0 Å². The summed E-state index contributed by atoms with van der Waals surface area (Å²) in [5, 5.41) is 0. The molecule has 7 heavy (non-hydrogen) atoms. The van der Waals surface area contributed by atoms with Crippen LogP contribution in [0.1, 0.15) is 6.92 Å². The third-order valence-electron chi connectivity index (χ3n) is 0.432. The van der Waals surface area contributed by atoms with Gasteiger partial charge in [0.15, 0.2) is 5.78 Å². The number of ketones is 1. The van der Waals surface area contributed by atoms with Gasteiger partial charge in [0, 0.05) is 5.54 Å². The molecule has 0 aromatic heterocycles. The Balaban J connectivity index is 3.82. The van der Waals surface area contributed by atoms with E-state index in [1.165, 1.54) is 12.5 Å². The predicted octanol–water partition coefficient (Wildman–Crippen LogP) is 2.09. The van der Waals surface area contributed by atoms with Gasteiger partial charge in [0.2, 0.25) is 0 Å². The number of rotatable bonds is 1. The fraction of sp³-hybridized carbons (Fsp3) is 0.250. The number of halogens is 2. The van der Waals surface area contributed by atoms with Crippen LogP contribution in [0.25, 0.3) is 0 Å². The second kappa shape index (κ2) is 3.43. The van der Waals surface area contributed by atoms with Crippen molar-refractivity contribution in [2.75, 3.05) is 0 Å². The van der Waals surface area contributed by atoms with Crippen molar-refractivity contribution in [3.8, 4) is 0 Å². The number of hydrogen-bond acceptors (Lipinski definition) is 1. The molecule has 0 aliphatic rings. The number of carbonyl (C=O) groups is 1. The van der Waals surface area contributed by atoms with Crippen molar-refractivity contribution in [3.05, 3.63) is 9.12 Å². The Morgan fingerprint density at radius 1 is 1.86 bits per heavy atom. The van der Waals surface area contributed by atoms with E-state index in [2.05, 4.69) is 0 Å². The molecule has 0 aromatic carbocycles. The molecule has 0 spiro atoms. The van der Waals surface area contributed by atoms with Gasteiger partial charge in [-0.1, -0.05) is 11.6 Å². The van der Waals surface area contributed by atoms with E-state index >= 15 is 0 Å². The summed E-state index contributed by atoms with van der Waals surface area (Å²) in [7, 11) is 0. The van der Waals surface area contributed by atoms with Crippen molar-refractivity contribution in [3.63, 3.8) is 0 Å². The monoisotopic (exact) mass is 230 g/mol. The summed E-state index contributed by atoms with van der Waals surface area (Å²) in [5.74, 6) is 0.00981. The normalized spacial score (nSPS) is 11.6. The van der Waals surface area contributed by atoms with Crippen molar-refractivity contribution < 1.29 is 4.79 Å². The van der Waals surface area contributed by atoms with E-state index in [9.17, 15) is 4.79 Å². The summed E-state index contributed by atoms with van der Waals surface area (Å²) in [5.41, 5.74) is 1.27. The van der Waals surface area contributed by atoms with Gasteiger partial charge in [0.05, 0.1) is 3.58 Å². The third-order valence-corrected chi connectivity index (χ3v) is 2.09. The van der Waals surface area contributed by atoms with Gasteiger partial charge in [-0.25, -0.2) is 0 Å². The SMILES string of the molecule is CC(=O)/C(I)=C\Cl. The summed E-state index contributed by atoms with van der Waals surface area (Å²) < 4.78 is 0.569. The van der Waals surface area contributed by atoms with Crippen molar-refractivity contribution in [2.45, 2.75) is 6.92 Å². The number of hydrogen-bond donors (Lipinski definition) is 0. The van der Waals surface area contributed by atoms with Crippen LogP contribution in [0.3, 0.4) is 0 Å². The molecule has 0 saturated carbocycles. The van der Waals surface area contributed by atoms with Crippen LogP contribution in [-0.4, -0.2) is 5.78 Å². The van der Waals surface area contributed by atoms with Crippen LogP contribution < -0.4 is 0 Å². The van der Waals surface area contributed by atoms with E-state index in [4.69, 9.17) is 11.6 Å². The Kier molecular flexibility index (Phi) is 3.65. The summed E-state index contributed by atoms with van der Waals surface area (Å²) in [6.07, 6.45) is 0. The lowest BCUT2D eigenvalue weighted by Gasteiger charge is -1.81. The lowest BCUT2D eigenvalue weighted by Crippen LogP contribution is -1.84. The van der Waals surface area contributed by atoms with Gasteiger partial charge >= 0.3 is 0 Å². The molecular weight excluding hydrogens is 226 g/mol. The van der Waals surface area contributed by atoms with Gasteiger partial charge in [-0.15, -0.1) is 0 Å². The van der Waals surface area contributed by atoms with Crippen LogP contribution in [0.2, 0.25) is 0 Å². The van der Waals surface area contributed by atoms with E-state index in [1.807, 2.05) is 22.6 Å². The maximum Gasteiger partial charge on any atom is 0.166 e. The van der Waals surface area contributed by atoms with Gasteiger partial charge in [-0.3, -0.25) is 4.79 Å². The molecule has 0 atom stereocenters. The lowest BCUT2D eigenvalue weighted by atomic mass is 10.5. The Morgan fingerprint density at radius 3 is 2.29 bits per heavy atom. The van der Waals surface area contributed by atoms with Gasteiger partial charge in [0.25, 0.3) is 0 Å². The maximum atomic E-state index is 10.2. The van der Waals surface area contributed by atoms with Crippen LogP contribution in [0.5, 0.6) is 0 Å². The molecule has 0 unspecified atom stereocenters.